The molecule has 5 heteroatoms. The molecule has 0 saturated carbocycles. The van der Waals surface area contributed by atoms with Crippen LogP contribution in [-0.4, -0.2) is 56.9 Å². The van der Waals surface area contributed by atoms with Gasteiger partial charge in [0.05, 0.1) is 6.17 Å². The van der Waals surface area contributed by atoms with Crippen LogP contribution >= 0.6 is 0 Å². The minimum absolute atomic E-state index is 0.258. The minimum atomic E-state index is 0.258. The van der Waals surface area contributed by atoms with E-state index in [4.69, 9.17) is 11.5 Å². The standard InChI is InChI=1S/C12H29N5/c13-5-7-15-6-3-1-2-4-12(14)17-10-8-16-9-11-17/h12,15-16H,1-11,13-14H2. The first-order valence-electron chi connectivity index (χ1n) is 6.95. The van der Waals surface area contributed by atoms with Crippen LogP contribution in [0.15, 0.2) is 0 Å². The Morgan fingerprint density at radius 1 is 1.12 bits per heavy atom. The summed E-state index contributed by atoms with van der Waals surface area (Å²) in [5, 5.41) is 6.66. The fourth-order valence-corrected chi connectivity index (χ4v) is 2.20. The van der Waals surface area contributed by atoms with Crippen molar-refractivity contribution in [2.24, 2.45) is 11.5 Å². The molecule has 0 aromatic carbocycles. The number of nitrogens with two attached hydrogens (primary N) is 2. The number of hydrogen-bond acceptors (Lipinski definition) is 5. The maximum atomic E-state index is 6.18. The van der Waals surface area contributed by atoms with Gasteiger partial charge in [0.25, 0.3) is 0 Å². The van der Waals surface area contributed by atoms with Gasteiger partial charge in [-0.15, -0.1) is 0 Å². The van der Waals surface area contributed by atoms with Gasteiger partial charge in [-0.25, -0.2) is 0 Å². The van der Waals surface area contributed by atoms with E-state index in [-0.39, 0.29) is 6.17 Å². The average molecular weight is 243 g/mol. The quantitative estimate of drug-likeness (QED) is 0.402. The molecule has 6 N–H and O–H groups in total. The molecule has 0 aliphatic carbocycles. The Kier molecular flexibility index (Phi) is 8.56. The number of unbranched alkanes of at least 4 members (excludes halogenated alkanes) is 2. The predicted molar refractivity (Wildman–Crippen MR) is 72.8 cm³/mol. The average Bonchev–Trinajstić information content (AvgIpc) is 2.38. The van der Waals surface area contributed by atoms with Gasteiger partial charge in [-0.1, -0.05) is 12.8 Å². The zero-order chi connectivity index (χ0) is 12.3. The van der Waals surface area contributed by atoms with Crippen molar-refractivity contribution in [1.29, 1.82) is 0 Å². The van der Waals surface area contributed by atoms with Crippen molar-refractivity contribution in [2.75, 3.05) is 45.8 Å². The van der Waals surface area contributed by atoms with Crippen molar-refractivity contribution >= 4 is 0 Å². The van der Waals surface area contributed by atoms with Crippen LogP contribution in [0.1, 0.15) is 25.7 Å². The molecule has 0 spiro atoms. The molecule has 1 saturated heterocycles. The molecule has 5 nitrogen and oxygen atoms in total. The van der Waals surface area contributed by atoms with Crippen molar-refractivity contribution in [3.8, 4) is 0 Å². The Hall–Kier alpha value is -0.200. The largest absolute Gasteiger partial charge is 0.329 e. The predicted octanol–water partition coefficient (Wildman–Crippen LogP) is -0.715. The van der Waals surface area contributed by atoms with Gasteiger partial charge in [-0.2, -0.15) is 0 Å². The summed E-state index contributed by atoms with van der Waals surface area (Å²) in [6.07, 6.45) is 5.10. The van der Waals surface area contributed by atoms with E-state index in [1.165, 1.54) is 19.3 Å². The smallest absolute Gasteiger partial charge is 0.0572 e. The second-order valence-electron chi connectivity index (χ2n) is 4.74. The Morgan fingerprint density at radius 3 is 2.59 bits per heavy atom. The third kappa shape index (κ3) is 6.95. The lowest BCUT2D eigenvalue weighted by Crippen LogP contribution is -2.51. The molecule has 1 heterocycles. The SMILES string of the molecule is NCCNCCCCCC(N)N1CCNCC1. The van der Waals surface area contributed by atoms with E-state index < -0.39 is 0 Å². The number of piperazine rings is 1. The lowest BCUT2D eigenvalue weighted by Gasteiger charge is -2.32. The maximum Gasteiger partial charge on any atom is 0.0572 e. The number of hydrogen-bond donors (Lipinski definition) is 4. The summed E-state index contributed by atoms with van der Waals surface area (Å²) in [7, 11) is 0. The monoisotopic (exact) mass is 243 g/mol. The normalized spacial score (nSPS) is 19.4. The molecule has 0 aromatic heterocycles. The molecule has 102 valence electrons. The molecule has 1 unspecified atom stereocenters. The number of nitrogens with zero attached hydrogens (tertiary/aromatic N) is 1. The van der Waals surface area contributed by atoms with Crippen LogP contribution < -0.4 is 22.1 Å². The van der Waals surface area contributed by atoms with Crippen LogP contribution in [0.25, 0.3) is 0 Å². The van der Waals surface area contributed by atoms with E-state index >= 15 is 0 Å². The number of nitrogens with one attached hydrogen (secondary N) is 2. The Bertz CT molecular complexity index is 170. The summed E-state index contributed by atoms with van der Waals surface area (Å²) >= 11 is 0. The first-order valence-corrected chi connectivity index (χ1v) is 6.95. The highest BCUT2D eigenvalue weighted by molar-refractivity contribution is 4.72. The summed E-state index contributed by atoms with van der Waals surface area (Å²) in [5.74, 6) is 0. The highest BCUT2D eigenvalue weighted by Gasteiger charge is 2.15. The van der Waals surface area contributed by atoms with Gasteiger partial charge < -0.3 is 22.1 Å². The fraction of sp³-hybridized carbons (Fsp3) is 1.00. The second-order valence-corrected chi connectivity index (χ2v) is 4.74. The van der Waals surface area contributed by atoms with E-state index in [0.29, 0.717) is 0 Å². The molecule has 0 radical (unpaired) electrons. The van der Waals surface area contributed by atoms with Crippen molar-refractivity contribution in [2.45, 2.75) is 31.8 Å². The Morgan fingerprint density at radius 2 is 1.88 bits per heavy atom. The van der Waals surface area contributed by atoms with Gasteiger partial charge in [0, 0.05) is 39.3 Å². The number of rotatable bonds is 9. The molecule has 1 rings (SSSR count). The zero-order valence-electron chi connectivity index (χ0n) is 11.0. The summed E-state index contributed by atoms with van der Waals surface area (Å²) in [4.78, 5) is 2.39. The van der Waals surface area contributed by atoms with Gasteiger partial charge >= 0.3 is 0 Å². The van der Waals surface area contributed by atoms with Crippen molar-refractivity contribution in [1.82, 2.24) is 15.5 Å². The molecule has 0 bridgehead atoms. The highest BCUT2D eigenvalue weighted by Crippen LogP contribution is 2.06. The van der Waals surface area contributed by atoms with E-state index in [1.807, 2.05) is 0 Å². The molecule has 17 heavy (non-hydrogen) atoms. The summed E-state index contributed by atoms with van der Waals surface area (Å²) in [6.45, 7) is 7.10. The molecule has 1 fully saturated rings. The minimum Gasteiger partial charge on any atom is -0.329 e. The first kappa shape index (κ1) is 14.9. The van der Waals surface area contributed by atoms with Crippen molar-refractivity contribution in [3.63, 3.8) is 0 Å². The van der Waals surface area contributed by atoms with Crippen LogP contribution in [0.5, 0.6) is 0 Å². The molecular formula is C12H29N5. The van der Waals surface area contributed by atoms with E-state index in [0.717, 1.165) is 52.2 Å². The molecule has 1 atom stereocenters. The van der Waals surface area contributed by atoms with Crippen molar-refractivity contribution in [3.05, 3.63) is 0 Å². The van der Waals surface area contributed by atoms with E-state index in [9.17, 15) is 0 Å². The van der Waals surface area contributed by atoms with Gasteiger partial charge in [0.1, 0.15) is 0 Å². The Balaban J connectivity index is 1.90. The lowest BCUT2D eigenvalue weighted by atomic mass is 10.1. The van der Waals surface area contributed by atoms with Crippen LogP contribution in [0.4, 0.5) is 0 Å². The van der Waals surface area contributed by atoms with Gasteiger partial charge in [0.15, 0.2) is 0 Å². The van der Waals surface area contributed by atoms with Crippen LogP contribution in [-0.2, 0) is 0 Å². The van der Waals surface area contributed by atoms with Gasteiger partial charge in [0.2, 0.25) is 0 Å². The third-order valence-electron chi connectivity index (χ3n) is 3.30. The fourth-order valence-electron chi connectivity index (χ4n) is 2.20. The molecular weight excluding hydrogens is 214 g/mol. The zero-order valence-corrected chi connectivity index (χ0v) is 11.0. The van der Waals surface area contributed by atoms with Crippen molar-refractivity contribution < 1.29 is 0 Å². The van der Waals surface area contributed by atoms with Gasteiger partial charge in [-0.05, 0) is 19.4 Å². The topological polar surface area (TPSA) is 79.3 Å². The molecule has 1 aliphatic rings. The first-order chi connectivity index (χ1) is 8.34. The highest BCUT2D eigenvalue weighted by atomic mass is 15.3. The van der Waals surface area contributed by atoms with E-state index in [2.05, 4.69) is 15.5 Å². The van der Waals surface area contributed by atoms with Crippen LogP contribution in [0.2, 0.25) is 0 Å². The van der Waals surface area contributed by atoms with E-state index in [1.54, 1.807) is 0 Å². The van der Waals surface area contributed by atoms with Crippen LogP contribution in [0, 0.1) is 0 Å². The second kappa shape index (κ2) is 9.79. The van der Waals surface area contributed by atoms with Crippen LogP contribution in [0.3, 0.4) is 0 Å². The summed E-state index contributed by atoms with van der Waals surface area (Å²) in [5.41, 5.74) is 11.6. The lowest BCUT2D eigenvalue weighted by molar-refractivity contribution is 0.165. The Labute approximate surface area is 105 Å². The molecule has 0 aromatic rings. The third-order valence-corrected chi connectivity index (χ3v) is 3.30. The van der Waals surface area contributed by atoms with Gasteiger partial charge in [-0.3, -0.25) is 4.90 Å². The molecule has 0 amide bonds. The maximum absolute atomic E-state index is 6.18. The summed E-state index contributed by atoms with van der Waals surface area (Å²) < 4.78 is 0. The molecule has 1 aliphatic heterocycles. The summed E-state index contributed by atoms with van der Waals surface area (Å²) in [6, 6.07) is 0.